The van der Waals surface area contributed by atoms with Gasteiger partial charge in [0.2, 0.25) is 0 Å². The van der Waals surface area contributed by atoms with Crippen LogP contribution < -0.4 is 0 Å². The summed E-state index contributed by atoms with van der Waals surface area (Å²) in [5.74, 6) is 1.49. The van der Waals surface area contributed by atoms with E-state index in [1.807, 2.05) is 0 Å². The minimum absolute atomic E-state index is 0.435. The largest absolute Gasteiger partial charge is 0.0879 e. The molecule has 0 aromatic rings. The second-order valence-corrected chi connectivity index (χ2v) is 5.37. The maximum absolute atomic E-state index is 2.40. The lowest BCUT2D eigenvalue weighted by molar-refractivity contribution is 0.237. The molecule has 0 spiro atoms. The van der Waals surface area contributed by atoms with Crippen molar-refractivity contribution in [3.05, 3.63) is 11.6 Å². The number of rotatable bonds is 6. The van der Waals surface area contributed by atoms with Gasteiger partial charge in [-0.25, -0.2) is 0 Å². The smallest absolute Gasteiger partial charge is 0.0178 e. The van der Waals surface area contributed by atoms with E-state index >= 15 is 0 Å². The average molecular weight is 210 g/mol. The summed E-state index contributed by atoms with van der Waals surface area (Å²) in [5.41, 5.74) is 2.11. The molecule has 0 aromatic carbocycles. The van der Waals surface area contributed by atoms with E-state index in [-0.39, 0.29) is 0 Å². The Morgan fingerprint density at radius 2 is 1.60 bits per heavy atom. The van der Waals surface area contributed by atoms with Crippen molar-refractivity contribution in [3.63, 3.8) is 0 Å². The summed E-state index contributed by atoms with van der Waals surface area (Å²) in [5, 5.41) is 0. The SMILES string of the molecule is CC=C(C(CC)CC)C(C)C(C)(C)CC. The van der Waals surface area contributed by atoms with Crippen LogP contribution in [0.25, 0.3) is 0 Å². The molecule has 1 atom stereocenters. The van der Waals surface area contributed by atoms with E-state index in [0.29, 0.717) is 11.3 Å². The Hall–Kier alpha value is -0.260. The maximum Gasteiger partial charge on any atom is -0.0178 e. The summed E-state index contributed by atoms with van der Waals surface area (Å²) >= 11 is 0. The van der Waals surface area contributed by atoms with Crippen molar-refractivity contribution >= 4 is 0 Å². The molecule has 0 aliphatic carbocycles. The van der Waals surface area contributed by atoms with Gasteiger partial charge in [-0.2, -0.15) is 0 Å². The van der Waals surface area contributed by atoms with Crippen LogP contribution in [-0.4, -0.2) is 0 Å². The summed E-state index contributed by atoms with van der Waals surface area (Å²) < 4.78 is 0. The van der Waals surface area contributed by atoms with Crippen LogP contribution in [0.5, 0.6) is 0 Å². The first-order chi connectivity index (χ1) is 6.94. The van der Waals surface area contributed by atoms with E-state index < -0.39 is 0 Å². The average Bonchev–Trinajstić information content (AvgIpc) is 2.24. The van der Waals surface area contributed by atoms with Crippen molar-refractivity contribution in [2.45, 2.75) is 67.7 Å². The van der Waals surface area contributed by atoms with Crippen LogP contribution in [0.4, 0.5) is 0 Å². The second kappa shape index (κ2) is 6.35. The zero-order chi connectivity index (χ0) is 12.1. The summed E-state index contributed by atoms with van der Waals surface area (Å²) in [6.07, 6.45) is 6.17. The highest BCUT2D eigenvalue weighted by molar-refractivity contribution is 5.12. The van der Waals surface area contributed by atoms with Crippen LogP contribution in [0.1, 0.15) is 67.7 Å². The van der Waals surface area contributed by atoms with Crippen LogP contribution >= 0.6 is 0 Å². The highest BCUT2D eigenvalue weighted by Crippen LogP contribution is 2.39. The molecule has 15 heavy (non-hydrogen) atoms. The Labute approximate surface area is 97.2 Å². The van der Waals surface area contributed by atoms with Crippen LogP contribution in [0.3, 0.4) is 0 Å². The molecule has 90 valence electrons. The minimum Gasteiger partial charge on any atom is -0.0879 e. The lowest BCUT2D eigenvalue weighted by Crippen LogP contribution is -2.25. The van der Waals surface area contributed by atoms with Gasteiger partial charge in [-0.1, -0.05) is 59.6 Å². The molecule has 0 rings (SSSR count). The first-order valence-corrected chi connectivity index (χ1v) is 6.60. The predicted molar refractivity (Wildman–Crippen MR) is 71.1 cm³/mol. The van der Waals surface area contributed by atoms with E-state index in [0.717, 1.165) is 5.92 Å². The zero-order valence-corrected chi connectivity index (χ0v) is 11.9. The molecule has 0 amide bonds. The Morgan fingerprint density at radius 1 is 1.13 bits per heavy atom. The number of allylic oxidation sites excluding steroid dienone is 2. The number of hydrogen-bond donors (Lipinski definition) is 0. The molecule has 0 bridgehead atoms. The Kier molecular flexibility index (Phi) is 6.24. The predicted octanol–water partition coefficient (Wildman–Crippen LogP) is 5.44. The summed E-state index contributed by atoms with van der Waals surface area (Å²) in [6.45, 7) is 16.3. The van der Waals surface area contributed by atoms with Crippen molar-refractivity contribution < 1.29 is 0 Å². The van der Waals surface area contributed by atoms with Gasteiger partial charge in [-0.15, -0.1) is 0 Å². The van der Waals surface area contributed by atoms with Gasteiger partial charge in [-0.05, 0) is 37.0 Å². The van der Waals surface area contributed by atoms with E-state index in [9.17, 15) is 0 Å². The van der Waals surface area contributed by atoms with Crippen LogP contribution in [-0.2, 0) is 0 Å². The van der Waals surface area contributed by atoms with E-state index in [1.54, 1.807) is 5.57 Å². The molecule has 0 N–H and O–H groups in total. The summed E-state index contributed by atoms with van der Waals surface area (Å²) in [6, 6.07) is 0. The third-order valence-corrected chi connectivity index (χ3v) is 4.37. The molecule has 0 aromatic heterocycles. The van der Waals surface area contributed by atoms with Gasteiger partial charge in [0.25, 0.3) is 0 Å². The van der Waals surface area contributed by atoms with Crippen molar-refractivity contribution in [3.8, 4) is 0 Å². The molecule has 0 radical (unpaired) electrons. The molecule has 0 saturated heterocycles. The van der Waals surface area contributed by atoms with Crippen LogP contribution in [0, 0.1) is 17.3 Å². The van der Waals surface area contributed by atoms with Gasteiger partial charge in [0.15, 0.2) is 0 Å². The van der Waals surface area contributed by atoms with E-state index in [1.165, 1.54) is 19.3 Å². The van der Waals surface area contributed by atoms with Gasteiger partial charge < -0.3 is 0 Å². The van der Waals surface area contributed by atoms with Crippen molar-refractivity contribution in [2.75, 3.05) is 0 Å². The lowest BCUT2D eigenvalue weighted by Gasteiger charge is -2.35. The van der Waals surface area contributed by atoms with Gasteiger partial charge in [0.1, 0.15) is 0 Å². The first-order valence-electron chi connectivity index (χ1n) is 6.60. The molecule has 1 unspecified atom stereocenters. The van der Waals surface area contributed by atoms with E-state index in [2.05, 4.69) is 54.5 Å². The molecular formula is C15H30. The summed E-state index contributed by atoms with van der Waals surface area (Å²) in [7, 11) is 0. The third kappa shape index (κ3) is 3.66. The van der Waals surface area contributed by atoms with Crippen molar-refractivity contribution in [2.24, 2.45) is 17.3 Å². The summed E-state index contributed by atoms with van der Waals surface area (Å²) in [4.78, 5) is 0. The third-order valence-electron chi connectivity index (χ3n) is 4.37. The molecule has 0 saturated carbocycles. The maximum atomic E-state index is 2.40. The molecule has 0 aliphatic heterocycles. The highest BCUT2D eigenvalue weighted by Gasteiger charge is 2.28. The monoisotopic (exact) mass is 210 g/mol. The second-order valence-electron chi connectivity index (χ2n) is 5.37. The quantitative estimate of drug-likeness (QED) is 0.512. The van der Waals surface area contributed by atoms with Gasteiger partial charge in [0.05, 0.1) is 0 Å². The van der Waals surface area contributed by atoms with Crippen molar-refractivity contribution in [1.29, 1.82) is 0 Å². The Morgan fingerprint density at radius 3 is 1.87 bits per heavy atom. The fourth-order valence-corrected chi connectivity index (χ4v) is 2.36. The molecule has 0 aliphatic rings. The molecular weight excluding hydrogens is 180 g/mol. The fourth-order valence-electron chi connectivity index (χ4n) is 2.36. The molecule has 0 heteroatoms. The molecule has 0 heterocycles. The van der Waals surface area contributed by atoms with Crippen molar-refractivity contribution in [1.82, 2.24) is 0 Å². The highest BCUT2D eigenvalue weighted by atomic mass is 14.3. The first kappa shape index (κ1) is 14.7. The zero-order valence-electron chi connectivity index (χ0n) is 11.9. The van der Waals surface area contributed by atoms with Gasteiger partial charge >= 0.3 is 0 Å². The van der Waals surface area contributed by atoms with E-state index in [4.69, 9.17) is 0 Å². The fraction of sp³-hybridized carbons (Fsp3) is 0.867. The minimum atomic E-state index is 0.435. The molecule has 0 fully saturated rings. The Balaban J connectivity index is 4.83. The molecule has 0 nitrogen and oxygen atoms in total. The van der Waals surface area contributed by atoms with Gasteiger partial charge in [0, 0.05) is 0 Å². The Bertz CT molecular complexity index is 194. The number of hydrogen-bond acceptors (Lipinski definition) is 0. The standard InChI is InChI=1S/C15H30/c1-8-13(9-2)14(10-3)12(5)15(6,7)11-4/h10,12-13H,8-9,11H2,1-7H3. The topological polar surface area (TPSA) is 0 Å². The van der Waals surface area contributed by atoms with Gasteiger partial charge in [-0.3, -0.25) is 0 Å². The normalized spacial score (nSPS) is 15.9. The van der Waals surface area contributed by atoms with Crippen LogP contribution in [0.15, 0.2) is 11.6 Å². The van der Waals surface area contributed by atoms with Crippen LogP contribution in [0.2, 0.25) is 0 Å². The lowest BCUT2D eigenvalue weighted by atomic mass is 9.70.